The van der Waals surface area contributed by atoms with Crippen LogP contribution >= 0.6 is 0 Å². The summed E-state index contributed by atoms with van der Waals surface area (Å²) >= 11 is 0. The molecule has 4 nitrogen and oxygen atoms in total. The number of carbonyl (C=O) groups is 1. The van der Waals surface area contributed by atoms with Crippen LogP contribution in [0.5, 0.6) is 0 Å². The normalized spacial score (nSPS) is 11.2. The molecule has 0 aliphatic heterocycles. The number of hydrogen-bond acceptors (Lipinski definition) is 3. The van der Waals surface area contributed by atoms with E-state index in [0.29, 0.717) is 5.56 Å². The summed E-state index contributed by atoms with van der Waals surface area (Å²) in [7, 11) is 0. The van der Waals surface area contributed by atoms with Crippen LogP contribution in [0, 0.1) is 0 Å². The fourth-order valence-corrected chi connectivity index (χ4v) is 2.56. The molecule has 2 heterocycles. The second-order valence-electron chi connectivity index (χ2n) is 5.94. The Morgan fingerprint density at radius 3 is 2.59 bits per heavy atom. The van der Waals surface area contributed by atoms with Crippen molar-refractivity contribution in [2.45, 2.75) is 19.1 Å². The fraction of sp³-hybridized carbons (Fsp3) is 0.150. The van der Waals surface area contributed by atoms with E-state index in [1.54, 1.807) is 30.7 Å². The van der Waals surface area contributed by atoms with Gasteiger partial charge in [0.25, 0.3) is 0 Å². The number of benzene rings is 1. The Balaban J connectivity index is 1.62. The quantitative estimate of drug-likeness (QED) is 0.737. The molecule has 0 aliphatic rings. The van der Waals surface area contributed by atoms with Crippen LogP contribution in [0.25, 0.3) is 11.3 Å². The molecule has 27 heavy (non-hydrogen) atoms. The van der Waals surface area contributed by atoms with Gasteiger partial charge in [-0.05, 0) is 41.5 Å². The lowest BCUT2D eigenvalue weighted by molar-refractivity contribution is -0.137. The van der Waals surface area contributed by atoms with E-state index >= 15 is 0 Å². The van der Waals surface area contributed by atoms with E-state index in [2.05, 4.69) is 15.3 Å². The van der Waals surface area contributed by atoms with E-state index in [-0.39, 0.29) is 18.9 Å². The number of hydrogen-bond donors (Lipinski definition) is 1. The Bertz CT molecular complexity index is 927. The van der Waals surface area contributed by atoms with E-state index in [0.717, 1.165) is 29.0 Å². The Morgan fingerprint density at radius 1 is 1.00 bits per heavy atom. The van der Waals surface area contributed by atoms with Crippen LogP contribution < -0.4 is 5.32 Å². The van der Waals surface area contributed by atoms with E-state index in [4.69, 9.17) is 0 Å². The summed E-state index contributed by atoms with van der Waals surface area (Å²) in [4.78, 5) is 20.4. The molecule has 0 spiro atoms. The number of nitrogens with one attached hydrogen (secondary N) is 1. The van der Waals surface area contributed by atoms with Gasteiger partial charge in [-0.25, -0.2) is 0 Å². The van der Waals surface area contributed by atoms with Crippen LogP contribution in [0.1, 0.15) is 16.7 Å². The molecule has 0 fully saturated rings. The summed E-state index contributed by atoms with van der Waals surface area (Å²) in [5, 5.41) is 2.72. The van der Waals surface area contributed by atoms with Crippen LogP contribution in [-0.2, 0) is 23.9 Å². The second kappa shape index (κ2) is 7.99. The highest BCUT2D eigenvalue weighted by atomic mass is 19.4. The van der Waals surface area contributed by atoms with Gasteiger partial charge in [-0.3, -0.25) is 14.8 Å². The molecule has 0 bridgehead atoms. The summed E-state index contributed by atoms with van der Waals surface area (Å²) in [6, 6.07) is 12.1. The summed E-state index contributed by atoms with van der Waals surface area (Å²) in [6.07, 6.45) is 0.451. The van der Waals surface area contributed by atoms with Crippen molar-refractivity contribution in [3.8, 4) is 11.3 Å². The smallest absolute Gasteiger partial charge is 0.352 e. The van der Waals surface area contributed by atoms with Gasteiger partial charge >= 0.3 is 6.18 Å². The lowest BCUT2D eigenvalue weighted by Crippen LogP contribution is -2.24. The van der Waals surface area contributed by atoms with Gasteiger partial charge in [-0.2, -0.15) is 13.2 Å². The van der Waals surface area contributed by atoms with Gasteiger partial charge < -0.3 is 5.32 Å². The van der Waals surface area contributed by atoms with Gasteiger partial charge in [0.1, 0.15) is 0 Å². The monoisotopic (exact) mass is 371 g/mol. The fourth-order valence-electron chi connectivity index (χ4n) is 2.56. The maximum atomic E-state index is 12.7. The molecular weight excluding hydrogens is 355 g/mol. The van der Waals surface area contributed by atoms with Gasteiger partial charge in [0.05, 0.1) is 17.7 Å². The summed E-state index contributed by atoms with van der Waals surface area (Å²) in [5.41, 5.74) is 1.97. The average molecular weight is 371 g/mol. The Kier molecular flexibility index (Phi) is 5.49. The number of pyridine rings is 2. The molecule has 0 atom stereocenters. The van der Waals surface area contributed by atoms with Crippen molar-refractivity contribution in [2.24, 2.45) is 0 Å². The zero-order valence-electron chi connectivity index (χ0n) is 14.2. The molecule has 0 saturated heterocycles. The predicted octanol–water partition coefficient (Wildman–Crippen LogP) is 4.02. The van der Waals surface area contributed by atoms with Gasteiger partial charge in [0.2, 0.25) is 5.91 Å². The van der Waals surface area contributed by atoms with Crippen LogP contribution in [0.3, 0.4) is 0 Å². The maximum absolute atomic E-state index is 12.7. The predicted molar refractivity (Wildman–Crippen MR) is 94.5 cm³/mol. The molecule has 0 unspecified atom stereocenters. The third-order valence-electron chi connectivity index (χ3n) is 3.89. The second-order valence-corrected chi connectivity index (χ2v) is 5.94. The number of rotatable bonds is 5. The van der Waals surface area contributed by atoms with Crippen molar-refractivity contribution >= 4 is 5.91 Å². The van der Waals surface area contributed by atoms with Crippen LogP contribution in [0.4, 0.5) is 13.2 Å². The summed E-state index contributed by atoms with van der Waals surface area (Å²) < 4.78 is 38.2. The Morgan fingerprint density at radius 2 is 1.85 bits per heavy atom. The van der Waals surface area contributed by atoms with E-state index < -0.39 is 11.7 Å². The molecule has 0 saturated carbocycles. The highest BCUT2D eigenvalue weighted by molar-refractivity contribution is 5.78. The molecular formula is C20H16F3N3O. The number of aromatic nitrogens is 2. The van der Waals surface area contributed by atoms with Gasteiger partial charge in [0, 0.05) is 30.7 Å². The molecule has 0 aliphatic carbocycles. The highest BCUT2D eigenvalue weighted by Crippen LogP contribution is 2.29. The Hall–Kier alpha value is -3.22. The van der Waals surface area contributed by atoms with Gasteiger partial charge in [-0.1, -0.05) is 18.2 Å². The van der Waals surface area contributed by atoms with E-state index in [1.165, 1.54) is 12.1 Å². The third-order valence-corrected chi connectivity index (χ3v) is 3.89. The van der Waals surface area contributed by atoms with Crippen molar-refractivity contribution in [3.05, 3.63) is 83.8 Å². The summed E-state index contributed by atoms with van der Waals surface area (Å²) in [6.45, 7) is 0.258. The molecule has 1 amide bonds. The first kappa shape index (κ1) is 18.6. The van der Waals surface area contributed by atoms with Gasteiger partial charge in [-0.15, -0.1) is 0 Å². The molecule has 7 heteroatoms. The van der Waals surface area contributed by atoms with E-state index in [1.807, 2.05) is 12.1 Å². The molecule has 1 aromatic carbocycles. The SMILES string of the molecule is O=C(Cc1cccc(C(F)(F)F)c1)NCc1ccnc(-c2cccnc2)c1. The lowest BCUT2D eigenvalue weighted by atomic mass is 10.1. The largest absolute Gasteiger partial charge is 0.416 e. The molecule has 1 N–H and O–H groups in total. The van der Waals surface area contributed by atoms with Crippen LogP contribution in [0.15, 0.2) is 67.1 Å². The minimum absolute atomic E-state index is 0.121. The van der Waals surface area contributed by atoms with Crippen molar-refractivity contribution in [3.63, 3.8) is 0 Å². The summed E-state index contributed by atoms with van der Waals surface area (Å²) in [5.74, 6) is -0.353. The first-order chi connectivity index (χ1) is 12.9. The highest BCUT2D eigenvalue weighted by Gasteiger charge is 2.30. The number of alkyl halides is 3. The van der Waals surface area contributed by atoms with Gasteiger partial charge in [0.15, 0.2) is 0 Å². The first-order valence-corrected chi connectivity index (χ1v) is 8.20. The molecule has 3 aromatic rings. The number of amides is 1. The van der Waals surface area contributed by atoms with Crippen molar-refractivity contribution in [1.82, 2.24) is 15.3 Å². The minimum atomic E-state index is -4.42. The number of nitrogens with zero attached hydrogens (tertiary/aromatic N) is 2. The van der Waals surface area contributed by atoms with Crippen molar-refractivity contribution in [2.75, 3.05) is 0 Å². The lowest BCUT2D eigenvalue weighted by Gasteiger charge is -2.10. The number of halogens is 3. The zero-order chi connectivity index (χ0) is 19.3. The van der Waals surface area contributed by atoms with E-state index in [9.17, 15) is 18.0 Å². The molecule has 138 valence electrons. The first-order valence-electron chi connectivity index (χ1n) is 8.20. The zero-order valence-corrected chi connectivity index (χ0v) is 14.2. The maximum Gasteiger partial charge on any atom is 0.416 e. The standard InChI is InChI=1S/C20H16F3N3O/c21-20(22,23)17-5-1-3-14(9-17)11-19(27)26-12-15-6-8-25-18(10-15)16-4-2-7-24-13-16/h1-10,13H,11-12H2,(H,26,27). The third kappa shape index (κ3) is 5.13. The average Bonchev–Trinajstić information content (AvgIpc) is 2.67. The topological polar surface area (TPSA) is 54.9 Å². The van der Waals surface area contributed by atoms with Crippen LogP contribution in [-0.4, -0.2) is 15.9 Å². The Labute approximate surface area is 154 Å². The molecule has 0 radical (unpaired) electrons. The minimum Gasteiger partial charge on any atom is -0.352 e. The number of carbonyl (C=O) groups excluding carboxylic acids is 1. The van der Waals surface area contributed by atoms with Crippen molar-refractivity contribution in [1.29, 1.82) is 0 Å². The van der Waals surface area contributed by atoms with Crippen LogP contribution in [0.2, 0.25) is 0 Å². The molecule has 2 aromatic heterocycles. The molecule has 3 rings (SSSR count). The van der Waals surface area contributed by atoms with Crippen molar-refractivity contribution < 1.29 is 18.0 Å².